The number of nitro benzene ring substituents is 2. The van der Waals surface area contributed by atoms with Crippen molar-refractivity contribution in [2.45, 2.75) is 20.3 Å². The maximum Gasteiger partial charge on any atom is 0.276 e. The first kappa shape index (κ1) is 24.5. The zero-order chi connectivity index (χ0) is 23.0. The number of thiocarbonyl (C=S) groups is 2. The summed E-state index contributed by atoms with van der Waals surface area (Å²) < 4.78 is 0. The minimum Gasteiger partial charge on any atom is -0.389 e. The first-order chi connectivity index (χ1) is 14.0. The molecule has 30 heavy (non-hydrogen) atoms. The van der Waals surface area contributed by atoms with Gasteiger partial charge in [-0.15, -0.1) is 0 Å². The minimum atomic E-state index is -0.674. The monoisotopic (exact) mass is 445 g/mol. The van der Waals surface area contributed by atoms with E-state index in [0.717, 1.165) is 18.1 Å². The maximum absolute atomic E-state index is 10.2. The fourth-order valence-corrected chi connectivity index (χ4v) is 3.05. The van der Waals surface area contributed by atoms with Crippen molar-refractivity contribution in [3.63, 3.8) is 0 Å². The molecule has 4 N–H and O–H groups in total. The van der Waals surface area contributed by atoms with Gasteiger partial charge in [0.1, 0.15) is 9.98 Å². The average Bonchev–Trinajstić information content (AvgIpc) is 2.67. The number of nitro groups is 2. The van der Waals surface area contributed by atoms with Crippen LogP contribution in [0.1, 0.15) is 36.1 Å². The molecule has 2 aromatic carbocycles. The molecule has 11 heteroatoms. The van der Waals surface area contributed by atoms with Crippen LogP contribution in [-0.4, -0.2) is 19.8 Å². The summed E-state index contributed by atoms with van der Waals surface area (Å²) in [5, 5.41) is 29.4. The Labute approximate surface area is 183 Å². The van der Waals surface area contributed by atoms with Gasteiger partial charge in [0.05, 0.1) is 27.5 Å². The molecule has 0 bridgehead atoms. The predicted octanol–water partition coefficient (Wildman–Crippen LogP) is 3.53. The van der Waals surface area contributed by atoms with Crippen LogP contribution in [0.5, 0.6) is 0 Å². The van der Waals surface area contributed by atoms with E-state index in [-0.39, 0.29) is 21.4 Å². The summed E-state index contributed by atoms with van der Waals surface area (Å²) in [4.78, 5) is 19.4. The van der Waals surface area contributed by atoms with Crippen molar-refractivity contribution >= 4 is 45.8 Å². The van der Waals surface area contributed by atoms with Gasteiger partial charge in [0.2, 0.25) is 0 Å². The van der Waals surface area contributed by atoms with E-state index in [1.807, 2.05) is 6.07 Å². The summed E-state index contributed by atoms with van der Waals surface area (Å²) in [5.74, 6) is 0.449. The molecule has 0 aromatic heterocycles. The number of rotatable bonds is 6. The molecule has 0 fully saturated rings. The fraction of sp³-hybridized carbons (Fsp3) is 0.211. The van der Waals surface area contributed by atoms with Gasteiger partial charge < -0.3 is 11.5 Å². The Kier molecular flexibility index (Phi) is 8.91. The summed E-state index contributed by atoms with van der Waals surface area (Å²) in [5.41, 5.74) is 13.4. The molecule has 0 aliphatic heterocycles. The van der Waals surface area contributed by atoms with E-state index in [9.17, 15) is 20.2 Å². The van der Waals surface area contributed by atoms with Gasteiger partial charge in [-0.05, 0) is 30.0 Å². The lowest BCUT2D eigenvalue weighted by Gasteiger charge is -2.15. The zero-order valence-electron chi connectivity index (χ0n) is 16.2. The minimum absolute atomic E-state index is 0.153. The molecule has 0 aliphatic carbocycles. The van der Waals surface area contributed by atoms with Crippen LogP contribution in [0.25, 0.3) is 0 Å². The standard InChI is InChI=1S/C13H15N3S2.C6H4N2O4/c1-7(2)5-8-3-4-9(6-14)11(13(16)18)10(8)12(15)17;9-7(10)5-2-1-3-6(4-5)8(11)12/h3-4,7H,5H2,1-2H3,(H2,15,17)(H2,16,18);1-4H. The molecule has 0 amide bonds. The van der Waals surface area contributed by atoms with Gasteiger partial charge >= 0.3 is 0 Å². The number of hydrogen-bond acceptors (Lipinski definition) is 7. The van der Waals surface area contributed by atoms with Gasteiger partial charge in [0, 0.05) is 23.3 Å². The van der Waals surface area contributed by atoms with E-state index in [4.69, 9.17) is 41.2 Å². The zero-order valence-corrected chi connectivity index (χ0v) is 17.8. The van der Waals surface area contributed by atoms with E-state index >= 15 is 0 Å². The van der Waals surface area contributed by atoms with E-state index in [2.05, 4.69) is 19.9 Å². The molecule has 156 valence electrons. The third-order valence-corrected chi connectivity index (χ3v) is 4.19. The van der Waals surface area contributed by atoms with Gasteiger partial charge in [-0.3, -0.25) is 20.2 Å². The van der Waals surface area contributed by atoms with Crippen molar-refractivity contribution < 1.29 is 9.85 Å². The van der Waals surface area contributed by atoms with E-state index in [1.165, 1.54) is 18.2 Å². The first-order valence-electron chi connectivity index (χ1n) is 8.54. The summed E-state index contributed by atoms with van der Waals surface area (Å²) in [6.07, 6.45) is 0.813. The summed E-state index contributed by atoms with van der Waals surface area (Å²) in [6, 6.07) is 10.2. The highest BCUT2D eigenvalue weighted by atomic mass is 32.1. The third kappa shape index (κ3) is 6.54. The van der Waals surface area contributed by atoms with Crippen LogP contribution in [0.15, 0.2) is 36.4 Å². The molecule has 0 spiro atoms. The lowest BCUT2D eigenvalue weighted by Crippen LogP contribution is -2.23. The molecule has 2 aromatic rings. The summed E-state index contributed by atoms with van der Waals surface area (Å²) in [7, 11) is 0. The number of nitriles is 1. The van der Waals surface area contributed by atoms with E-state index in [0.29, 0.717) is 22.6 Å². The molecule has 0 unspecified atom stereocenters. The topological polar surface area (TPSA) is 162 Å². The van der Waals surface area contributed by atoms with Crippen LogP contribution in [0.2, 0.25) is 0 Å². The largest absolute Gasteiger partial charge is 0.389 e. The van der Waals surface area contributed by atoms with Gasteiger partial charge in [-0.25, -0.2) is 0 Å². The van der Waals surface area contributed by atoms with E-state index in [1.54, 1.807) is 6.07 Å². The van der Waals surface area contributed by atoms with Crippen molar-refractivity contribution in [1.82, 2.24) is 0 Å². The van der Waals surface area contributed by atoms with Crippen LogP contribution >= 0.6 is 24.4 Å². The smallest absolute Gasteiger partial charge is 0.276 e. The normalized spacial score (nSPS) is 9.80. The molecule has 0 saturated heterocycles. The number of benzene rings is 2. The van der Waals surface area contributed by atoms with Crippen LogP contribution in [0, 0.1) is 37.5 Å². The van der Waals surface area contributed by atoms with Gasteiger partial charge in [0.25, 0.3) is 11.4 Å². The molecule has 0 heterocycles. The molecular weight excluding hydrogens is 426 g/mol. The Morgan fingerprint density at radius 3 is 1.90 bits per heavy atom. The average molecular weight is 446 g/mol. The molecule has 0 aliphatic rings. The van der Waals surface area contributed by atoms with Crippen molar-refractivity contribution in [1.29, 1.82) is 5.26 Å². The van der Waals surface area contributed by atoms with Crippen LogP contribution in [0.3, 0.4) is 0 Å². The highest BCUT2D eigenvalue weighted by Crippen LogP contribution is 2.22. The van der Waals surface area contributed by atoms with Gasteiger partial charge in [-0.2, -0.15) is 5.26 Å². The van der Waals surface area contributed by atoms with Crippen LogP contribution in [0.4, 0.5) is 11.4 Å². The van der Waals surface area contributed by atoms with Crippen LogP contribution < -0.4 is 11.5 Å². The number of hydrogen-bond donors (Lipinski definition) is 2. The summed E-state index contributed by atoms with van der Waals surface area (Å²) in [6.45, 7) is 4.20. The lowest BCUT2D eigenvalue weighted by atomic mass is 9.91. The molecule has 0 saturated carbocycles. The third-order valence-electron chi connectivity index (χ3n) is 3.78. The predicted molar refractivity (Wildman–Crippen MR) is 121 cm³/mol. The second-order valence-corrected chi connectivity index (χ2v) is 7.37. The fourth-order valence-electron chi connectivity index (χ4n) is 2.61. The lowest BCUT2D eigenvalue weighted by molar-refractivity contribution is -0.394. The highest BCUT2D eigenvalue weighted by Gasteiger charge is 2.18. The number of non-ortho nitro benzene ring substituents is 2. The Bertz CT molecular complexity index is 1020. The van der Waals surface area contributed by atoms with Crippen molar-refractivity contribution in [2.24, 2.45) is 17.4 Å². The van der Waals surface area contributed by atoms with Crippen molar-refractivity contribution in [2.75, 3.05) is 0 Å². The Morgan fingerprint density at radius 2 is 1.53 bits per heavy atom. The van der Waals surface area contributed by atoms with Crippen LogP contribution in [-0.2, 0) is 6.42 Å². The highest BCUT2D eigenvalue weighted by molar-refractivity contribution is 7.81. The number of nitrogens with zero attached hydrogens (tertiary/aromatic N) is 3. The van der Waals surface area contributed by atoms with Gasteiger partial charge in [-0.1, -0.05) is 44.3 Å². The summed E-state index contributed by atoms with van der Waals surface area (Å²) >= 11 is 10.1. The SMILES string of the molecule is CC(C)Cc1ccc(C#N)c(C(N)=S)c1C(N)=S.O=[N+]([O-])c1cccc([N+](=O)[O-])c1. The molecule has 0 radical (unpaired) electrons. The first-order valence-corrected chi connectivity index (χ1v) is 9.35. The Hall–Kier alpha value is -3.49. The molecule has 2 rings (SSSR count). The quantitative estimate of drug-likeness (QED) is 0.384. The van der Waals surface area contributed by atoms with E-state index < -0.39 is 9.85 Å². The maximum atomic E-state index is 10.2. The van der Waals surface area contributed by atoms with Gasteiger partial charge in [0.15, 0.2) is 0 Å². The second kappa shape index (κ2) is 10.9. The van der Waals surface area contributed by atoms with Crippen molar-refractivity contribution in [3.05, 3.63) is 78.9 Å². The van der Waals surface area contributed by atoms with Crippen molar-refractivity contribution in [3.8, 4) is 6.07 Å². The Balaban J connectivity index is 0.000000325. The molecule has 0 atom stereocenters. The Morgan fingerprint density at radius 1 is 1.03 bits per heavy atom. The molecular formula is C19H19N5O4S2. The number of nitrogens with two attached hydrogens (primary N) is 2. The second-order valence-electron chi connectivity index (χ2n) is 6.49. The molecule has 9 nitrogen and oxygen atoms in total.